The molecular formula is C18H16F2N2O2. The number of carbonyl (C=O) groups excluding carboxylic acids is 1. The first-order valence-electron chi connectivity index (χ1n) is 7.48. The van der Waals surface area contributed by atoms with E-state index in [0.717, 1.165) is 23.2 Å². The molecule has 124 valence electrons. The summed E-state index contributed by atoms with van der Waals surface area (Å²) in [5.74, 6) is -1.61. The van der Waals surface area contributed by atoms with E-state index < -0.39 is 17.2 Å². The van der Waals surface area contributed by atoms with Gasteiger partial charge in [0.2, 0.25) is 5.91 Å². The predicted octanol–water partition coefficient (Wildman–Crippen LogP) is 2.81. The summed E-state index contributed by atoms with van der Waals surface area (Å²) in [6, 6.07) is 12.0. The Kier molecular flexibility index (Phi) is 4.15. The Hall–Kier alpha value is -2.60. The number of nitrogens with zero attached hydrogens (tertiary/aromatic N) is 2. The van der Waals surface area contributed by atoms with Gasteiger partial charge < -0.3 is 5.11 Å². The summed E-state index contributed by atoms with van der Waals surface area (Å²) in [7, 11) is 0. The first-order valence-corrected chi connectivity index (χ1v) is 7.48. The van der Waals surface area contributed by atoms with Gasteiger partial charge in [-0.25, -0.2) is 13.8 Å². The van der Waals surface area contributed by atoms with E-state index in [0.29, 0.717) is 5.56 Å². The number of halogens is 2. The molecule has 24 heavy (non-hydrogen) atoms. The highest BCUT2D eigenvalue weighted by atomic mass is 19.1. The van der Waals surface area contributed by atoms with Crippen molar-refractivity contribution < 1.29 is 18.7 Å². The maximum absolute atomic E-state index is 14.1. The van der Waals surface area contributed by atoms with Crippen LogP contribution < -0.4 is 0 Å². The third-order valence-corrected chi connectivity index (χ3v) is 4.20. The normalized spacial score (nSPS) is 20.2. The SMILES string of the molecule is CC(=O)N1N=C(c2cc(F)ccc2F)C[C@@]1(CO)c1ccccc1. The van der Waals surface area contributed by atoms with Crippen molar-refractivity contribution in [3.8, 4) is 0 Å². The van der Waals surface area contributed by atoms with Crippen molar-refractivity contribution in [3.63, 3.8) is 0 Å². The molecule has 0 radical (unpaired) electrons. The molecule has 0 spiro atoms. The lowest BCUT2D eigenvalue weighted by molar-refractivity contribution is -0.136. The molecule has 2 aromatic carbocycles. The Morgan fingerprint density at radius 3 is 2.58 bits per heavy atom. The van der Waals surface area contributed by atoms with Crippen molar-refractivity contribution in [1.82, 2.24) is 5.01 Å². The molecule has 0 saturated carbocycles. The fourth-order valence-corrected chi connectivity index (χ4v) is 3.03. The minimum atomic E-state index is -1.12. The zero-order valence-corrected chi connectivity index (χ0v) is 13.0. The lowest BCUT2D eigenvalue weighted by Gasteiger charge is -2.34. The molecule has 4 nitrogen and oxygen atoms in total. The predicted molar refractivity (Wildman–Crippen MR) is 85.2 cm³/mol. The van der Waals surface area contributed by atoms with Gasteiger partial charge in [0.05, 0.1) is 12.3 Å². The summed E-state index contributed by atoms with van der Waals surface area (Å²) < 4.78 is 27.6. The quantitative estimate of drug-likeness (QED) is 0.941. The van der Waals surface area contributed by atoms with Gasteiger partial charge in [-0.3, -0.25) is 4.79 Å². The van der Waals surface area contributed by atoms with Crippen LogP contribution in [-0.4, -0.2) is 28.3 Å². The molecule has 0 saturated heterocycles. The first-order chi connectivity index (χ1) is 11.5. The average molecular weight is 330 g/mol. The van der Waals surface area contributed by atoms with Gasteiger partial charge >= 0.3 is 0 Å². The van der Waals surface area contributed by atoms with Crippen molar-refractivity contribution in [3.05, 3.63) is 71.3 Å². The van der Waals surface area contributed by atoms with Crippen LogP contribution in [0, 0.1) is 11.6 Å². The summed E-state index contributed by atoms with van der Waals surface area (Å²) in [6.45, 7) is 0.933. The summed E-state index contributed by atoms with van der Waals surface area (Å²) in [6.07, 6.45) is 0.0907. The molecule has 1 N–H and O–H groups in total. The van der Waals surface area contributed by atoms with E-state index >= 15 is 0 Å². The zero-order chi connectivity index (χ0) is 17.3. The number of hydrogen-bond donors (Lipinski definition) is 1. The van der Waals surface area contributed by atoms with Crippen molar-refractivity contribution >= 4 is 11.6 Å². The molecule has 0 unspecified atom stereocenters. The summed E-state index contributed by atoms with van der Waals surface area (Å²) in [5, 5.41) is 15.4. The number of amides is 1. The lowest BCUT2D eigenvalue weighted by Crippen LogP contribution is -2.45. The number of aliphatic hydroxyl groups is 1. The molecule has 1 amide bonds. The second kappa shape index (κ2) is 6.13. The van der Waals surface area contributed by atoms with Gasteiger partial charge in [0.25, 0.3) is 0 Å². The lowest BCUT2D eigenvalue weighted by atomic mass is 9.84. The van der Waals surface area contributed by atoms with Crippen LogP contribution in [0.5, 0.6) is 0 Å². The molecule has 3 rings (SSSR count). The van der Waals surface area contributed by atoms with Crippen molar-refractivity contribution in [2.75, 3.05) is 6.61 Å². The van der Waals surface area contributed by atoms with E-state index in [1.807, 2.05) is 6.07 Å². The van der Waals surface area contributed by atoms with Gasteiger partial charge in [0, 0.05) is 18.9 Å². The van der Waals surface area contributed by atoms with Crippen LogP contribution in [0.15, 0.2) is 53.6 Å². The van der Waals surface area contributed by atoms with Crippen LogP contribution in [-0.2, 0) is 10.3 Å². The number of carbonyl (C=O) groups is 1. The molecule has 1 heterocycles. The van der Waals surface area contributed by atoms with E-state index in [2.05, 4.69) is 5.10 Å². The average Bonchev–Trinajstić information content (AvgIpc) is 2.99. The van der Waals surface area contributed by atoms with Crippen LogP contribution in [0.4, 0.5) is 8.78 Å². The molecule has 0 aromatic heterocycles. The number of hydrazone groups is 1. The second-order valence-electron chi connectivity index (χ2n) is 5.73. The molecule has 6 heteroatoms. The van der Waals surface area contributed by atoms with Gasteiger partial charge in [0.1, 0.15) is 17.2 Å². The molecule has 1 aliphatic heterocycles. The topological polar surface area (TPSA) is 52.9 Å². The molecule has 0 fully saturated rings. The van der Waals surface area contributed by atoms with Crippen molar-refractivity contribution in [2.45, 2.75) is 18.9 Å². The number of hydrogen-bond acceptors (Lipinski definition) is 3. The van der Waals surface area contributed by atoms with Crippen LogP contribution in [0.3, 0.4) is 0 Å². The molecule has 0 bridgehead atoms. The van der Waals surface area contributed by atoms with E-state index in [9.17, 15) is 18.7 Å². The Morgan fingerprint density at radius 2 is 1.96 bits per heavy atom. The highest BCUT2D eigenvalue weighted by molar-refractivity contribution is 6.04. The van der Waals surface area contributed by atoms with Crippen LogP contribution in [0.2, 0.25) is 0 Å². The van der Waals surface area contributed by atoms with Gasteiger partial charge in [-0.2, -0.15) is 5.10 Å². The Bertz CT molecular complexity index is 808. The highest BCUT2D eigenvalue weighted by Gasteiger charge is 2.46. The van der Waals surface area contributed by atoms with Crippen molar-refractivity contribution in [2.24, 2.45) is 5.10 Å². The fraction of sp³-hybridized carbons (Fsp3) is 0.222. The maximum atomic E-state index is 14.1. The molecule has 0 aliphatic carbocycles. The van der Waals surface area contributed by atoms with Gasteiger partial charge in [-0.1, -0.05) is 30.3 Å². The summed E-state index contributed by atoms with van der Waals surface area (Å²) in [5.41, 5.74) is -0.230. The maximum Gasteiger partial charge on any atom is 0.240 e. The largest absolute Gasteiger partial charge is 0.393 e. The minimum Gasteiger partial charge on any atom is -0.393 e. The molecular weight excluding hydrogens is 314 g/mol. The molecule has 1 atom stereocenters. The van der Waals surface area contributed by atoms with E-state index in [1.54, 1.807) is 24.3 Å². The van der Waals surface area contributed by atoms with Crippen molar-refractivity contribution in [1.29, 1.82) is 0 Å². The first kappa shape index (κ1) is 16.3. The van der Waals surface area contributed by atoms with Gasteiger partial charge in [-0.05, 0) is 23.8 Å². The highest BCUT2D eigenvalue weighted by Crippen LogP contribution is 2.39. The van der Waals surface area contributed by atoms with E-state index in [4.69, 9.17) is 0 Å². The Labute approximate surface area is 138 Å². The Balaban J connectivity index is 2.11. The standard InChI is InChI=1S/C18H16F2N2O2/c1-12(24)22-18(11-23,13-5-3-2-4-6-13)10-17(21-22)15-9-14(19)7-8-16(15)20/h2-9,23H,10-11H2,1H3/t18-/m1/s1. The Morgan fingerprint density at radius 1 is 1.25 bits per heavy atom. The third kappa shape index (κ3) is 2.59. The van der Waals surface area contributed by atoms with E-state index in [1.165, 1.54) is 6.92 Å². The number of rotatable bonds is 3. The summed E-state index contributed by atoms with van der Waals surface area (Å²) in [4.78, 5) is 12.1. The smallest absolute Gasteiger partial charge is 0.240 e. The van der Waals surface area contributed by atoms with Gasteiger partial charge in [0.15, 0.2) is 0 Å². The number of benzene rings is 2. The summed E-state index contributed by atoms with van der Waals surface area (Å²) >= 11 is 0. The van der Waals surface area contributed by atoms with Crippen LogP contribution in [0.1, 0.15) is 24.5 Å². The zero-order valence-electron chi connectivity index (χ0n) is 13.0. The van der Waals surface area contributed by atoms with Crippen LogP contribution in [0.25, 0.3) is 0 Å². The fourth-order valence-electron chi connectivity index (χ4n) is 3.03. The van der Waals surface area contributed by atoms with E-state index in [-0.39, 0.29) is 30.2 Å². The third-order valence-electron chi connectivity index (χ3n) is 4.20. The monoisotopic (exact) mass is 330 g/mol. The molecule has 2 aromatic rings. The van der Waals surface area contributed by atoms with Gasteiger partial charge in [-0.15, -0.1) is 0 Å². The second-order valence-corrected chi connectivity index (χ2v) is 5.73. The molecule has 1 aliphatic rings. The van der Waals surface area contributed by atoms with Crippen LogP contribution >= 0.6 is 0 Å². The number of aliphatic hydroxyl groups excluding tert-OH is 1. The minimum absolute atomic E-state index is 0.00694.